The van der Waals surface area contributed by atoms with Crippen molar-refractivity contribution in [3.05, 3.63) is 41.6 Å². The van der Waals surface area contributed by atoms with Gasteiger partial charge in [-0.05, 0) is 49.8 Å². The zero-order chi connectivity index (χ0) is 17.9. The fourth-order valence-electron chi connectivity index (χ4n) is 3.78. The Morgan fingerprint density at radius 3 is 2.60 bits per heavy atom. The van der Waals surface area contributed by atoms with E-state index in [1.165, 1.54) is 31.4 Å². The van der Waals surface area contributed by atoms with Gasteiger partial charge < -0.3 is 16.2 Å². The molecule has 6 heteroatoms. The first-order chi connectivity index (χ1) is 12.1. The van der Waals surface area contributed by atoms with Gasteiger partial charge in [-0.3, -0.25) is 10.6 Å². The maximum Gasteiger partial charge on any atom is 0.104 e. The zero-order valence-electron chi connectivity index (χ0n) is 15.1. The van der Waals surface area contributed by atoms with Crippen LogP contribution < -0.4 is 21.7 Å². The summed E-state index contributed by atoms with van der Waals surface area (Å²) in [5, 5.41) is 20.2. The van der Waals surface area contributed by atoms with Crippen LogP contribution >= 0.6 is 11.8 Å². The van der Waals surface area contributed by atoms with E-state index in [2.05, 4.69) is 40.4 Å². The summed E-state index contributed by atoms with van der Waals surface area (Å²) in [4.78, 5) is 0. The van der Waals surface area contributed by atoms with E-state index >= 15 is 0 Å². The Balaban J connectivity index is 1.87. The minimum Gasteiger partial charge on any atom is -0.399 e. The summed E-state index contributed by atoms with van der Waals surface area (Å²) in [5.41, 5.74) is 9.09. The molecule has 1 fully saturated rings. The van der Waals surface area contributed by atoms with Gasteiger partial charge in [0.1, 0.15) is 6.17 Å². The molecule has 1 heterocycles. The first-order valence-corrected chi connectivity index (χ1v) is 10.3. The van der Waals surface area contributed by atoms with E-state index in [1.54, 1.807) is 0 Å². The van der Waals surface area contributed by atoms with Crippen LogP contribution in [0.15, 0.2) is 36.0 Å². The molecule has 2 aliphatic rings. The minimum absolute atomic E-state index is 0.0191. The Morgan fingerprint density at radius 1 is 1.32 bits per heavy atom. The van der Waals surface area contributed by atoms with E-state index in [9.17, 15) is 5.11 Å². The van der Waals surface area contributed by atoms with E-state index in [4.69, 9.17) is 5.73 Å². The summed E-state index contributed by atoms with van der Waals surface area (Å²) < 4.78 is 0.177. The number of hydrogen-bond acceptors (Lipinski definition) is 6. The molecule has 0 spiro atoms. The van der Waals surface area contributed by atoms with Gasteiger partial charge in [0.25, 0.3) is 0 Å². The third-order valence-corrected chi connectivity index (χ3v) is 6.69. The van der Waals surface area contributed by atoms with Crippen LogP contribution in [0.4, 0.5) is 5.69 Å². The molecule has 1 aromatic rings. The van der Waals surface area contributed by atoms with Crippen molar-refractivity contribution in [1.82, 2.24) is 16.0 Å². The van der Waals surface area contributed by atoms with Crippen LogP contribution in [-0.2, 0) is 0 Å². The summed E-state index contributed by atoms with van der Waals surface area (Å²) in [6.45, 7) is 2.12. The molecule has 1 aromatic carbocycles. The molecule has 2 unspecified atom stereocenters. The maximum atomic E-state index is 9.41. The summed E-state index contributed by atoms with van der Waals surface area (Å²) in [7, 11) is 0. The highest BCUT2D eigenvalue weighted by molar-refractivity contribution is 8.00. The number of aliphatic hydroxyl groups is 1. The van der Waals surface area contributed by atoms with Crippen molar-refractivity contribution in [2.75, 3.05) is 18.6 Å². The molecule has 5 nitrogen and oxygen atoms in total. The number of anilines is 1. The van der Waals surface area contributed by atoms with Crippen LogP contribution in [0.2, 0.25) is 0 Å². The van der Waals surface area contributed by atoms with Gasteiger partial charge in [-0.1, -0.05) is 25.0 Å². The third-order valence-electron chi connectivity index (χ3n) is 5.28. The smallest absolute Gasteiger partial charge is 0.104 e. The lowest BCUT2D eigenvalue weighted by Crippen LogP contribution is -2.55. The first-order valence-electron chi connectivity index (χ1n) is 9.09. The number of nitrogen functional groups attached to an aromatic ring is 1. The van der Waals surface area contributed by atoms with E-state index in [0.29, 0.717) is 0 Å². The number of thioether (sulfide) groups is 1. The minimum atomic E-state index is 0.0191. The monoisotopic (exact) mass is 362 g/mol. The normalized spacial score (nSPS) is 26.8. The number of nitrogens with two attached hydrogens (primary N) is 1. The second kappa shape index (κ2) is 7.99. The molecule has 0 amide bonds. The predicted octanol–water partition coefficient (Wildman–Crippen LogP) is 2.32. The molecule has 0 bridgehead atoms. The lowest BCUT2D eigenvalue weighted by atomic mass is 9.98. The van der Waals surface area contributed by atoms with Crippen molar-refractivity contribution in [2.24, 2.45) is 0 Å². The highest BCUT2D eigenvalue weighted by Crippen LogP contribution is 2.46. The lowest BCUT2D eigenvalue weighted by molar-refractivity contribution is 0.230. The largest absolute Gasteiger partial charge is 0.399 e. The highest BCUT2D eigenvalue weighted by atomic mass is 32.2. The van der Waals surface area contributed by atoms with Gasteiger partial charge in [-0.25, -0.2) is 0 Å². The SMILES string of the molecule is CSC1(C2=CC(N[C@@H](C)CO)NC(c3ccc(N)cc3)N2)CCCC1. The molecule has 0 saturated heterocycles. The summed E-state index contributed by atoms with van der Waals surface area (Å²) in [6.07, 6.45) is 9.51. The van der Waals surface area contributed by atoms with Gasteiger partial charge in [0.05, 0.1) is 17.5 Å². The molecule has 25 heavy (non-hydrogen) atoms. The average Bonchev–Trinajstić information content (AvgIpc) is 3.12. The van der Waals surface area contributed by atoms with Crippen LogP contribution in [0.25, 0.3) is 0 Å². The van der Waals surface area contributed by atoms with Crippen LogP contribution in [0, 0.1) is 0 Å². The zero-order valence-corrected chi connectivity index (χ0v) is 15.9. The van der Waals surface area contributed by atoms with Gasteiger partial charge in [0, 0.05) is 17.4 Å². The molecule has 1 saturated carbocycles. The second-order valence-corrected chi connectivity index (χ2v) is 8.31. The highest BCUT2D eigenvalue weighted by Gasteiger charge is 2.40. The van der Waals surface area contributed by atoms with E-state index < -0.39 is 0 Å². The topological polar surface area (TPSA) is 82.3 Å². The molecule has 3 atom stereocenters. The van der Waals surface area contributed by atoms with Crippen molar-refractivity contribution < 1.29 is 5.11 Å². The molecule has 0 radical (unpaired) electrons. The molecule has 6 N–H and O–H groups in total. The van der Waals surface area contributed by atoms with Crippen molar-refractivity contribution in [3.63, 3.8) is 0 Å². The Morgan fingerprint density at radius 2 is 2.00 bits per heavy atom. The van der Waals surface area contributed by atoms with Crippen LogP contribution in [0.1, 0.15) is 44.3 Å². The van der Waals surface area contributed by atoms with Crippen molar-refractivity contribution >= 4 is 17.4 Å². The van der Waals surface area contributed by atoms with Crippen LogP contribution in [0.5, 0.6) is 0 Å². The lowest BCUT2D eigenvalue weighted by Gasteiger charge is -2.40. The van der Waals surface area contributed by atoms with Gasteiger partial charge >= 0.3 is 0 Å². The Bertz CT molecular complexity index is 598. The molecule has 138 valence electrons. The summed E-state index contributed by atoms with van der Waals surface area (Å²) in [6, 6.07) is 8.05. The molecule has 1 aliphatic carbocycles. The third kappa shape index (κ3) is 4.14. The van der Waals surface area contributed by atoms with E-state index in [-0.39, 0.29) is 29.7 Å². The Hall–Kier alpha value is -1.21. The number of hydrogen-bond donors (Lipinski definition) is 5. The van der Waals surface area contributed by atoms with Crippen molar-refractivity contribution in [1.29, 1.82) is 0 Å². The quantitative estimate of drug-likeness (QED) is 0.500. The van der Waals surface area contributed by atoms with Crippen molar-refractivity contribution in [3.8, 4) is 0 Å². The standard InChI is InChI=1S/C19H30N4OS/c1-13(12-24)21-17-11-16(19(25-2)9-3-4-10-19)22-18(23-17)14-5-7-15(20)8-6-14/h5-8,11,13,17-18,21-24H,3-4,9-10,12,20H2,1-2H3/t13-,17?,18?/m0/s1. The maximum absolute atomic E-state index is 9.41. The van der Waals surface area contributed by atoms with E-state index in [0.717, 1.165) is 11.3 Å². The molecule has 0 aromatic heterocycles. The Labute approximate surface area is 154 Å². The molecular formula is C19H30N4OS. The number of nitrogens with one attached hydrogen (secondary N) is 3. The van der Waals surface area contributed by atoms with Crippen LogP contribution in [0.3, 0.4) is 0 Å². The van der Waals surface area contributed by atoms with E-state index in [1.807, 2.05) is 30.8 Å². The van der Waals surface area contributed by atoms with Crippen LogP contribution in [-0.4, -0.2) is 34.9 Å². The Kier molecular flexibility index (Phi) is 5.94. The molecule has 3 rings (SSSR count). The second-order valence-electron chi connectivity index (χ2n) is 7.12. The van der Waals surface area contributed by atoms with Gasteiger partial charge in [-0.15, -0.1) is 0 Å². The van der Waals surface area contributed by atoms with Gasteiger partial charge in [0.15, 0.2) is 0 Å². The molecule has 1 aliphatic heterocycles. The molecular weight excluding hydrogens is 332 g/mol. The van der Waals surface area contributed by atoms with Gasteiger partial charge in [-0.2, -0.15) is 11.8 Å². The number of rotatable bonds is 6. The fraction of sp³-hybridized carbons (Fsp3) is 0.579. The summed E-state index contributed by atoms with van der Waals surface area (Å²) in [5.74, 6) is 0. The average molecular weight is 363 g/mol. The summed E-state index contributed by atoms with van der Waals surface area (Å²) >= 11 is 1.96. The first kappa shape index (κ1) is 18.6. The number of benzene rings is 1. The number of aliphatic hydroxyl groups excluding tert-OH is 1. The fourth-order valence-corrected chi connectivity index (χ4v) is 4.82. The predicted molar refractivity (Wildman–Crippen MR) is 106 cm³/mol. The van der Waals surface area contributed by atoms with Crippen molar-refractivity contribution in [2.45, 2.75) is 55.7 Å². The van der Waals surface area contributed by atoms with Gasteiger partial charge in [0.2, 0.25) is 0 Å².